The first-order valence-corrected chi connectivity index (χ1v) is 7.95. The fourth-order valence-electron chi connectivity index (χ4n) is 2.72. The third kappa shape index (κ3) is 4.04. The van der Waals surface area contributed by atoms with Crippen LogP contribution in [0.4, 0.5) is 0 Å². The van der Waals surface area contributed by atoms with Crippen LogP contribution in [0.15, 0.2) is 12.1 Å². The van der Waals surface area contributed by atoms with Crippen molar-refractivity contribution in [1.29, 1.82) is 0 Å². The molecule has 7 nitrogen and oxygen atoms in total. The fraction of sp³-hybridized carbons (Fsp3) is 0.444. The van der Waals surface area contributed by atoms with Crippen molar-refractivity contribution in [3.63, 3.8) is 0 Å². The van der Waals surface area contributed by atoms with Crippen LogP contribution in [0, 0.1) is 13.8 Å². The van der Waals surface area contributed by atoms with Gasteiger partial charge in [0.25, 0.3) is 0 Å². The highest BCUT2D eigenvalue weighted by Crippen LogP contribution is 2.34. The molecule has 0 bridgehead atoms. The zero-order chi connectivity index (χ0) is 18.6. The molecule has 1 heterocycles. The van der Waals surface area contributed by atoms with E-state index in [1.54, 1.807) is 38.1 Å². The molecule has 0 atom stereocenters. The molecule has 0 aliphatic heterocycles. The number of nitrogens with zero attached hydrogens (tertiary/aromatic N) is 2. The van der Waals surface area contributed by atoms with Crippen LogP contribution < -0.4 is 19.5 Å². The van der Waals surface area contributed by atoms with Crippen LogP contribution in [-0.2, 0) is 24.8 Å². The standard InChI is InChI=1S/C18H25N3O4/c1-11-14(12(2)21(3)20-11)8-18(22)19-10-13-7-16(24-5)17(25-6)9-15(13)23-4/h7,9H,8,10H2,1-6H3,(H,19,22). The van der Waals surface area contributed by atoms with Crippen molar-refractivity contribution in [2.75, 3.05) is 21.3 Å². The number of aromatic nitrogens is 2. The first-order valence-electron chi connectivity index (χ1n) is 7.95. The average Bonchev–Trinajstić information content (AvgIpc) is 2.85. The lowest BCUT2D eigenvalue weighted by Crippen LogP contribution is -2.25. The van der Waals surface area contributed by atoms with Gasteiger partial charge in [-0.1, -0.05) is 0 Å². The Bertz CT molecular complexity index is 768. The fourth-order valence-corrected chi connectivity index (χ4v) is 2.72. The topological polar surface area (TPSA) is 74.6 Å². The molecular formula is C18H25N3O4. The van der Waals surface area contributed by atoms with Crippen molar-refractivity contribution in [2.24, 2.45) is 7.05 Å². The summed E-state index contributed by atoms with van der Waals surface area (Å²) < 4.78 is 17.7. The van der Waals surface area contributed by atoms with E-state index in [0.717, 1.165) is 22.5 Å². The van der Waals surface area contributed by atoms with Crippen LogP contribution in [0.3, 0.4) is 0 Å². The third-order valence-corrected chi connectivity index (χ3v) is 4.26. The third-order valence-electron chi connectivity index (χ3n) is 4.26. The van der Waals surface area contributed by atoms with Crippen molar-refractivity contribution >= 4 is 5.91 Å². The second-order valence-electron chi connectivity index (χ2n) is 5.75. The summed E-state index contributed by atoms with van der Waals surface area (Å²) in [5.41, 5.74) is 3.64. The molecule has 0 spiro atoms. The number of amides is 1. The number of benzene rings is 1. The van der Waals surface area contributed by atoms with E-state index < -0.39 is 0 Å². The Balaban J connectivity index is 2.11. The average molecular weight is 347 g/mol. The van der Waals surface area contributed by atoms with E-state index >= 15 is 0 Å². The highest BCUT2D eigenvalue weighted by atomic mass is 16.5. The Kier molecular flexibility index (Phi) is 5.90. The molecule has 136 valence electrons. The van der Waals surface area contributed by atoms with Crippen molar-refractivity contribution in [3.05, 3.63) is 34.6 Å². The predicted octanol–water partition coefficient (Wildman–Crippen LogP) is 1.92. The van der Waals surface area contributed by atoms with Gasteiger partial charge in [0.05, 0.1) is 33.4 Å². The number of carbonyl (C=O) groups is 1. The van der Waals surface area contributed by atoms with Crippen LogP contribution in [0.25, 0.3) is 0 Å². The molecule has 7 heteroatoms. The second kappa shape index (κ2) is 7.92. The summed E-state index contributed by atoms with van der Waals surface area (Å²) in [4.78, 5) is 12.3. The Morgan fingerprint density at radius 2 is 1.68 bits per heavy atom. The maximum Gasteiger partial charge on any atom is 0.224 e. The smallest absolute Gasteiger partial charge is 0.224 e. The lowest BCUT2D eigenvalue weighted by atomic mass is 10.1. The SMILES string of the molecule is COc1cc(OC)c(OC)cc1CNC(=O)Cc1c(C)nn(C)c1C. The van der Waals surface area contributed by atoms with Gasteiger partial charge in [0.2, 0.25) is 5.91 Å². The first kappa shape index (κ1) is 18.6. The Hall–Kier alpha value is -2.70. The maximum atomic E-state index is 12.3. The Morgan fingerprint density at radius 3 is 2.20 bits per heavy atom. The van der Waals surface area contributed by atoms with Crippen molar-refractivity contribution in [3.8, 4) is 17.2 Å². The highest BCUT2D eigenvalue weighted by molar-refractivity contribution is 5.79. The van der Waals surface area contributed by atoms with E-state index in [1.165, 1.54) is 0 Å². The predicted molar refractivity (Wildman–Crippen MR) is 94.3 cm³/mol. The van der Waals surface area contributed by atoms with Crippen LogP contribution in [0.5, 0.6) is 17.2 Å². The molecule has 2 aromatic rings. The molecule has 25 heavy (non-hydrogen) atoms. The Labute approximate surface area is 147 Å². The maximum absolute atomic E-state index is 12.3. The Morgan fingerprint density at radius 1 is 1.08 bits per heavy atom. The summed E-state index contributed by atoms with van der Waals surface area (Å²) in [6.45, 7) is 4.20. The molecule has 1 N–H and O–H groups in total. The van der Waals surface area contributed by atoms with E-state index in [4.69, 9.17) is 14.2 Å². The molecule has 0 saturated carbocycles. The van der Waals surface area contributed by atoms with Crippen molar-refractivity contribution in [1.82, 2.24) is 15.1 Å². The number of ether oxygens (including phenoxy) is 3. The van der Waals surface area contributed by atoms with Gasteiger partial charge < -0.3 is 19.5 Å². The van der Waals surface area contributed by atoms with Gasteiger partial charge in [-0.3, -0.25) is 9.48 Å². The molecule has 0 aliphatic carbocycles. The quantitative estimate of drug-likeness (QED) is 0.828. The van der Waals surface area contributed by atoms with Gasteiger partial charge in [-0.25, -0.2) is 0 Å². The van der Waals surface area contributed by atoms with E-state index in [0.29, 0.717) is 30.2 Å². The van der Waals surface area contributed by atoms with Gasteiger partial charge in [0.15, 0.2) is 11.5 Å². The van der Waals surface area contributed by atoms with Gasteiger partial charge in [-0.05, 0) is 19.9 Å². The summed E-state index contributed by atoms with van der Waals surface area (Å²) in [7, 11) is 6.59. The molecule has 1 aromatic carbocycles. The van der Waals surface area contributed by atoms with Crippen molar-refractivity contribution < 1.29 is 19.0 Å². The summed E-state index contributed by atoms with van der Waals surface area (Å²) in [6, 6.07) is 3.55. The summed E-state index contributed by atoms with van der Waals surface area (Å²) >= 11 is 0. The minimum Gasteiger partial charge on any atom is -0.496 e. The zero-order valence-electron chi connectivity index (χ0n) is 15.6. The largest absolute Gasteiger partial charge is 0.496 e. The first-order chi connectivity index (χ1) is 11.9. The molecule has 1 aromatic heterocycles. The number of rotatable bonds is 7. The minimum absolute atomic E-state index is 0.0731. The van der Waals surface area contributed by atoms with Crippen molar-refractivity contribution in [2.45, 2.75) is 26.8 Å². The van der Waals surface area contributed by atoms with Crippen LogP contribution in [0.2, 0.25) is 0 Å². The van der Waals surface area contributed by atoms with Gasteiger partial charge in [0.1, 0.15) is 5.75 Å². The van der Waals surface area contributed by atoms with Gasteiger partial charge in [-0.15, -0.1) is 0 Å². The normalized spacial score (nSPS) is 10.5. The van der Waals surface area contributed by atoms with E-state index in [2.05, 4.69) is 10.4 Å². The van der Waals surface area contributed by atoms with Gasteiger partial charge >= 0.3 is 0 Å². The number of methoxy groups -OCH3 is 3. The van der Waals surface area contributed by atoms with E-state index in [1.807, 2.05) is 20.9 Å². The summed E-state index contributed by atoms with van der Waals surface area (Å²) in [5, 5.41) is 7.26. The molecule has 0 aliphatic rings. The molecule has 1 amide bonds. The lowest BCUT2D eigenvalue weighted by Gasteiger charge is -2.14. The van der Waals surface area contributed by atoms with Gasteiger partial charge in [-0.2, -0.15) is 5.10 Å². The van der Waals surface area contributed by atoms with Crippen LogP contribution in [0.1, 0.15) is 22.5 Å². The van der Waals surface area contributed by atoms with Crippen LogP contribution in [-0.4, -0.2) is 37.0 Å². The molecule has 0 fully saturated rings. The van der Waals surface area contributed by atoms with Crippen LogP contribution >= 0.6 is 0 Å². The molecule has 0 unspecified atom stereocenters. The number of hydrogen-bond acceptors (Lipinski definition) is 5. The summed E-state index contributed by atoms with van der Waals surface area (Å²) in [5.74, 6) is 1.73. The molecule has 0 radical (unpaired) electrons. The highest BCUT2D eigenvalue weighted by Gasteiger charge is 2.15. The van der Waals surface area contributed by atoms with Gasteiger partial charge in [0, 0.05) is 36.5 Å². The number of aryl methyl sites for hydroxylation is 2. The monoisotopic (exact) mass is 347 g/mol. The zero-order valence-corrected chi connectivity index (χ0v) is 15.6. The molecular weight excluding hydrogens is 322 g/mol. The van der Waals surface area contributed by atoms with E-state index in [-0.39, 0.29) is 5.91 Å². The molecule has 2 rings (SSSR count). The number of hydrogen-bond donors (Lipinski definition) is 1. The molecule has 0 saturated heterocycles. The number of nitrogens with one attached hydrogen (secondary N) is 1. The van der Waals surface area contributed by atoms with E-state index in [9.17, 15) is 4.79 Å². The summed E-state index contributed by atoms with van der Waals surface area (Å²) in [6.07, 6.45) is 0.293. The second-order valence-corrected chi connectivity index (χ2v) is 5.75. The minimum atomic E-state index is -0.0731. The number of carbonyl (C=O) groups excluding carboxylic acids is 1. The lowest BCUT2D eigenvalue weighted by molar-refractivity contribution is -0.120.